The number of carbonyl (C=O) groups is 1. The second kappa shape index (κ2) is 8.24. The zero-order chi connectivity index (χ0) is 19.6. The van der Waals surface area contributed by atoms with Crippen molar-refractivity contribution < 1.29 is 9.53 Å². The summed E-state index contributed by atoms with van der Waals surface area (Å²) in [6.45, 7) is 3.70. The van der Waals surface area contributed by atoms with Gasteiger partial charge in [-0.3, -0.25) is 9.69 Å². The number of hydrogen-bond acceptors (Lipinski definition) is 5. The van der Waals surface area contributed by atoms with Crippen molar-refractivity contribution in [1.29, 1.82) is 0 Å². The molecule has 7 heteroatoms. The minimum absolute atomic E-state index is 0.0982. The van der Waals surface area contributed by atoms with Gasteiger partial charge in [0, 0.05) is 13.1 Å². The highest BCUT2D eigenvalue weighted by molar-refractivity contribution is 5.92. The average molecular weight is 396 g/mol. The van der Waals surface area contributed by atoms with Gasteiger partial charge in [0.1, 0.15) is 0 Å². The van der Waals surface area contributed by atoms with E-state index in [0.717, 1.165) is 45.0 Å². The van der Waals surface area contributed by atoms with Gasteiger partial charge in [-0.2, -0.15) is 0 Å². The number of benzene rings is 1. The minimum Gasteiger partial charge on any atom is -0.374 e. The van der Waals surface area contributed by atoms with Gasteiger partial charge in [-0.25, -0.2) is 4.68 Å². The number of amides is 1. The summed E-state index contributed by atoms with van der Waals surface area (Å²) in [6, 6.07) is 11.1. The molecule has 1 amide bonds. The fourth-order valence-corrected chi connectivity index (χ4v) is 4.20. The fourth-order valence-electron chi connectivity index (χ4n) is 4.20. The maximum Gasteiger partial charge on any atom is 0.273 e. The fraction of sp³-hybridized carbons (Fsp3) is 0.591. The Bertz CT molecular complexity index is 823. The Hall–Kier alpha value is -2.25. The number of aromatic nitrogens is 3. The quantitative estimate of drug-likeness (QED) is 0.706. The first-order valence-corrected chi connectivity index (χ1v) is 10.8. The average Bonchev–Trinajstić information content (AvgIpc) is 3.41. The van der Waals surface area contributed by atoms with Gasteiger partial charge in [-0.15, -0.1) is 5.10 Å². The van der Waals surface area contributed by atoms with Crippen LogP contribution in [-0.4, -0.2) is 57.6 Å². The van der Waals surface area contributed by atoms with E-state index in [2.05, 4.69) is 44.8 Å². The standard InChI is InChI=1S/C22H29N5O2/c28-22(21-14-27(25-24-21)19-6-7-19)23-18-12-26(13-18)9-8-17-10-20(11-17)29-15-16-4-2-1-3-5-16/h1-5,14,17-20H,6-13,15H2,(H,23,28)/t17-,20+. The molecule has 3 aliphatic rings. The number of rotatable bonds is 9. The van der Waals surface area contributed by atoms with Crippen LogP contribution < -0.4 is 5.32 Å². The molecule has 154 valence electrons. The lowest BCUT2D eigenvalue weighted by molar-refractivity contribution is -0.0455. The summed E-state index contributed by atoms with van der Waals surface area (Å²) >= 11 is 0. The highest BCUT2D eigenvalue weighted by atomic mass is 16.5. The van der Waals surface area contributed by atoms with Crippen LogP contribution in [0.15, 0.2) is 36.5 Å². The molecule has 7 nitrogen and oxygen atoms in total. The summed E-state index contributed by atoms with van der Waals surface area (Å²) in [7, 11) is 0. The molecule has 5 rings (SSSR count). The molecule has 0 atom stereocenters. The first-order chi connectivity index (χ1) is 14.2. The van der Waals surface area contributed by atoms with Gasteiger partial charge in [0.15, 0.2) is 5.69 Å². The third kappa shape index (κ3) is 4.67. The van der Waals surface area contributed by atoms with E-state index in [-0.39, 0.29) is 11.9 Å². The third-order valence-electron chi connectivity index (χ3n) is 6.33. The predicted octanol–water partition coefficient (Wildman–Crippen LogP) is 2.41. The van der Waals surface area contributed by atoms with Gasteiger partial charge in [-0.1, -0.05) is 35.5 Å². The SMILES string of the molecule is O=C(NC1CN(CC[C@H]2C[C@@H](OCc3ccccc3)C2)C1)c1cn(C2CC2)nn1. The molecule has 0 spiro atoms. The van der Waals surface area contributed by atoms with Crippen LogP contribution in [-0.2, 0) is 11.3 Å². The number of ether oxygens (including phenoxy) is 1. The third-order valence-corrected chi connectivity index (χ3v) is 6.33. The van der Waals surface area contributed by atoms with Crippen molar-refractivity contribution in [3.63, 3.8) is 0 Å². The van der Waals surface area contributed by atoms with E-state index in [1.165, 1.54) is 24.8 Å². The van der Waals surface area contributed by atoms with Crippen molar-refractivity contribution in [2.75, 3.05) is 19.6 Å². The molecule has 0 radical (unpaired) electrons. The maximum atomic E-state index is 12.3. The summed E-state index contributed by atoms with van der Waals surface area (Å²) in [5.41, 5.74) is 1.69. The second-order valence-electron chi connectivity index (χ2n) is 8.79. The van der Waals surface area contributed by atoms with Crippen LogP contribution in [0.4, 0.5) is 0 Å². The molecule has 2 aromatic rings. The van der Waals surface area contributed by atoms with E-state index < -0.39 is 0 Å². The van der Waals surface area contributed by atoms with Gasteiger partial charge in [-0.05, 0) is 50.1 Å². The molecule has 2 saturated carbocycles. The summed E-state index contributed by atoms with van der Waals surface area (Å²) in [5, 5.41) is 11.1. The number of hydrogen-bond donors (Lipinski definition) is 1. The maximum absolute atomic E-state index is 12.3. The van der Waals surface area contributed by atoms with E-state index >= 15 is 0 Å². The lowest BCUT2D eigenvalue weighted by atomic mass is 9.79. The van der Waals surface area contributed by atoms with Crippen LogP contribution in [0.5, 0.6) is 0 Å². The molecule has 3 fully saturated rings. The largest absolute Gasteiger partial charge is 0.374 e. The first-order valence-electron chi connectivity index (χ1n) is 10.8. The molecular formula is C22H29N5O2. The Balaban J connectivity index is 0.936. The Labute approximate surface area is 171 Å². The molecule has 1 aliphatic heterocycles. The number of nitrogens with one attached hydrogen (secondary N) is 1. The molecule has 1 aromatic heterocycles. The molecule has 1 N–H and O–H groups in total. The van der Waals surface area contributed by atoms with Crippen molar-refractivity contribution in [2.45, 2.75) is 56.9 Å². The lowest BCUT2D eigenvalue weighted by Gasteiger charge is -2.42. The van der Waals surface area contributed by atoms with Crippen LogP contribution in [0, 0.1) is 5.92 Å². The van der Waals surface area contributed by atoms with Gasteiger partial charge >= 0.3 is 0 Å². The van der Waals surface area contributed by atoms with Crippen molar-refractivity contribution in [1.82, 2.24) is 25.2 Å². The van der Waals surface area contributed by atoms with Crippen molar-refractivity contribution in [3.8, 4) is 0 Å². The smallest absolute Gasteiger partial charge is 0.273 e. The summed E-state index contributed by atoms with van der Waals surface area (Å²) < 4.78 is 7.81. The highest BCUT2D eigenvalue weighted by Crippen LogP contribution is 2.34. The van der Waals surface area contributed by atoms with Crippen LogP contribution in [0.1, 0.15) is 54.2 Å². The van der Waals surface area contributed by atoms with E-state index in [4.69, 9.17) is 4.74 Å². The van der Waals surface area contributed by atoms with Crippen LogP contribution in [0.25, 0.3) is 0 Å². The number of likely N-dealkylation sites (tertiary alicyclic amines) is 1. The molecule has 0 unspecified atom stereocenters. The van der Waals surface area contributed by atoms with Gasteiger partial charge in [0.05, 0.1) is 31.0 Å². The topological polar surface area (TPSA) is 72.3 Å². The van der Waals surface area contributed by atoms with E-state index in [9.17, 15) is 4.79 Å². The molecule has 0 bridgehead atoms. The molecule has 2 aliphatic carbocycles. The zero-order valence-electron chi connectivity index (χ0n) is 16.7. The van der Waals surface area contributed by atoms with Crippen molar-refractivity contribution in [2.24, 2.45) is 5.92 Å². The highest BCUT2D eigenvalue weighted by Gasteiger charge is 2.33. The minimum atomic E-state index is -0.0982. The van der Waals surface area contributed by atoms with Crippen LogP contribution in [0.2, 0.25) is 0 Å². The molecular weight excluding hydrogens is 366 g/mol. The van der Waals surface area contributed by atoms with Gasteiger partial charge in [0.2, 0.25) is 0 Å². The molecule has 2 heterocycles. The Morgan fingerprint density at radius 1 is 1.17 bits per heavy atom. The summed E-state index contributed by atoms with van der Waals surface area (Å²) in [4.78, 5) is 14.7. The summed E-state index contributed by atoms with van der Waals surface area (Å²) in [5.74, 6) is 0.681. The second-order valence-corrected chi connectivity index (χ2v) is 8.79. The van der Waals surface area contributed by atoms with E-state index in [0.29, 0.717) is 17.8 Å². The van der Waals surface area contributed by atoms with E-state index in [1.807, 2.05) is 10.7 Å². The molecule has 1 aromatic carbocycles. The Morgan fingerprint density at radius 2 is 1.97 bits per heavy atom. The van der Waals surface area contributed by atoms with E-state index in [1.54, 1.807) is 6.20 Å². The molecule has 1 saturated heterocycles. The predicted molar refractivity (Wildman–Crippen MR) is 108 cm³/mol. The number of nitrogens with zero attached hydrogens (tertiary/aromatic N) is 4. The van der Waals surface area contributed by atoms with Gasteiger partial charge in [0.25, 0.3) is 5.91 Å². The Kier molecular flexibility index (Phi) is 5.33. The van der Waals surface area contributed by atoms with Crippen molar-refractivity contribution in [3.05, 3.63) is 47.8 Å². The van der Waals surface area contributed by atoms with Crippen LogP contribution >= 0.6 is 0 Å². The summed E-state index contributed by atoms with van der Waals surface area (Å²) in [6.07, 6.45) is 8.06. The van der Waals surface area contributed by atoms with Crippen LogP contribution in [0.3, 0.4) is 0 Å². The zero-order valence-corrected chi connectivity index (χ0v) is 16.7. The lowest BCUT2D eigenvalue weighted by Crippen LogP contribution is -2.59. The normalized spacial score (nSPS) is 24.7. The van der Waals surface area contributed by atoms with Crippen molar-refractivity contribution >= 4 is 5.91 Å². The number of carbonyl (C=O) groups excluding carboxylic acids is 1. The monoisotopic (exact) mass is 395 g/mol. The first kappa shape index (κ1) is 18.8. The molecule has 29 heavy (non-hydrogen) atoms. The Morgan fingerprint density at radius 3 is 2.72 bits per heavy atom. The van der Waals surface area contributed by atoms with Gasteiger partial charge < -0.3 is 10.1 Å².